The van der Waals surface area contributed by atoms with Crippen molar-refractivity contribution in [2.24, 2.45) is 0 Å². The second-order valence-corrected chi connectivity index (χ2v) is 4.45. The fourth-order valence-corrected chi connectivity index (χ4v) is 1.91. The molecule has 3 nitrogen and oxygen atoms in total. The largest absolute Gasteiger partial charge is 0.489 e. The summed E-state index contributed by atoms with van der Waals surface area (Å²) in [4.78, 5) is 9.46. The highest BCUT2D eigenvalue weighted by Crippen LogP contribution is 2.28. The Hall–Kier alpha value is -1.42. The molecule has 2 aromatic rings. The fraction of sp³-hybridized carbons (Fsp3) is 0.273. The molecular weight excluding hydrogens is 208 g/mol. The minimum atomic E-state index is 0.432. The van der Waals surface area contributed by atoms with Gasteiger partial charge >= 0.3 is 0 Å². The van der Waals surface area contributed by atoms with Crippen LogP contribution in [0, 0.1) is 0 Å². The van der Waals surface area contributed by atoms with Crippen molar-refractivity contribution < 1.29 is 4.74 Å². The molecule has 2 heterocycles. The van der Waals surface area contributed by atoms with Gasteiger partial charge in [-0.05, 0) is 25.0 Å². The highest BCUT2D eigenvalue weighted by atomic mass is 32.1. The van der Waals surface area contributed by atoms with Gasteiger partial charge < -0.3 is 4.74 Å². The fourth-order valence-electron chi connectivity index (χ4n) is 1.32. The molecule has 0 aromatic carbocycles. The van der Waals surface area contributed by atoms with Crippen molar-refractivity contribution in [3.8, 4) is 16.3 Å². The predicted octanol–water partition coefficient (Wildman–Crippen LogP) is 2.75. The summed E-state index contributed by atoms with van der Waals surface area (Å²) in [5, 5.41) is 0. The second kappa shape index (κ2) is 3.62. The van der Waals surface area contributed by atoms with Gasteiger partial charge in [-0.15, -0.1) is 11.3 Å². The van der Waals surface area contributed by atoms with Crippen LogP contribution in [0.15, 0.2) is 30.0 Å². The standard InChI is InChI=1S/C11H10N2OS/c1-2-8(1)14-9-3-4-10(13-5-9)11-6-12-7-15-11/h3-8H,1-2H2. The molecule has 0 bridgehead atoms. The summed E-state index contributed by atoms with van der Waals surface area (Å²) in [6.07, 6.45) is 6.40. The first-order chi connectivity index (χ1) is 7.42. The SMILES string of the molecule is c1ncc(-c2ccc(OC3CC3)cn2)s1. The molecule has 15 heavy (non-hydrogen) atoms. The highest BCUT2D eigenvalue weighted by Gasteiger charge is 2.23. The molecule has 0 amide bonds. The second-order valence-electron chi connectivity index (χ2n) is 3.56. The molecule has 0 spiro atoms. The van der Waals surface area contributed by atoms with Gasteiger partial charge in [0.1, 0.15) is 5.75 Å². The van der Waals surface area contributed by atoms with Crippen LogP contribution in [0.4, 0.5) is 0 Å². The lowest BCUT2D eigenvalue weighted by Gasteiger charge is -2.03. The van der Waals surface area contributed by atoms with E-state index in [9.17, 15) is 0 Å². The molecule has 1 aliphatic rings. The van der Waals surface area contributed by atoms with Crippen molar-refractivity contribution in [1.29, 1.82) is 0 Å². The number of aromatic nitrogens is 2. The number of hydrogen-bond donors (Lipinski definition) is 0. The molecule has 0 unspecified atom stereocenters. The minimum absolute atomic E-state index is 0.432. The predicted molar refractivity (Wildman–Crippen MR) is 59.0 cm³/mol. The van der Waals surface area contributed by atoms with Crippen molar-refractivity contribution in [3.63, 3.8) is 0 Å². The Balaban J connectivity index is 1.80. The molecule has 1 saturated carbocycles. The third kappa shape index (κ3) is 1.99. The van der Waals surface area contributed by atoms with Gasteiger partial charge in [0.2, 0.25) is 0 Å². The zero-order chi connectivity index (χ0) is 10.1. The van der Waals surface area contributed by atoms with E-state index in [0.717, 1.165) is 16.3 Å². The Morgan fingerprint density at radius 3 is 2.80 bits per heavy atom. The molecule has 1 fully saturated rings. The Bertz CT molecular complexity index is 434. The third-order valence-corrected chi connectivity index (χ3v) is 3.04. The summed E-state index contributed by atoms with van der Waals surface area (Å²) >= 11 is 1.59. The maximum absolute atomic E-state index is 5.62. The zero-order valence-electron chi connectivity index (χ0n) is 8.09. The van der Waals surface area contributed by atoms with Crippen LogP contribution in [-0.4, -0.2) is 16.1 Å². The summed E-state index contributed by atoms with van der Waals surface area (Å²) in [6, 6.07) is 3.95. The summed E-state index contributed by atoms with van der Waals surface area (Å²) in [7, 11) is 0. The average Bonchev–Trinajstić information content (AvgIpc) is 2.92. The molecule has 0 radical (unpaired) electrons. The van der Waals surface area contributed by atoms with E-state index in [0.29, 0.717) is 6.10 Å². The molecule has 0 aliphatic heterocycles. The summed E-state index contributed by atoms with van der Waals surface area (Å²) in [5.41, 5.74) is 2.77. The van der Waals surface area contributed by atoms with E-state index in [4.69, 9.17) is 4.74 Å². The van der Waals surface area contributed by atoms with E-state index < -0.39 is 0 Å². The molecule has 3 rings (SSSR count). The van der Waals surface area contributed by atoms with Crippen LogP contribution in [0.5, 0.6) is 5.75 Å². The van der Waals surface area contributed by atoms with Gasteiger partial charge in [0, 0.05) is 6.20 Å². The van der Waals surface area contributed by atoms with Crippen LogP contribution in [0.25, 0.3) is 10.6 Å². The molecule has 76 valence electrons. The maximum Gasteiger partial charge on any atom is 0.138 e. The smallest absolute Gasteiger partial charge is 0.138 e. The zero-order valence-corrected chi connectivity index (χ0v) is 8.91. The van der Waals surface area contributed by atoms with Gasteiger partial charge in [-0.1, -0.05) is 0 Å². The molecule has 1 aliphatic carbocycles. The van der Waals surface area contributed by atoms with Gasteiger partial charge in [0.05, 0.1) is 28.4 Å². The monoisotopic (exact) mass is 218 g/mol. The number of nitrogens with zero attached hydrogens (tertiary/aromatic N) is 2. The van der Waals surface area contributed by atoms with Crippen molar-refractivity contribution >= 4 is 11.3 Å². The van der Waals surface area contributed by atoms with Crippen LogP contribution in [-0.2, 0) is 0 Å². The molecule has 2 aromatic heterocycles. The third-order valence-electron chi connectivity index (χ3n) is 2.25. The number of hydrogen-bond acceptors (Lipinski definition) is 4. The van der Waals surface area contributed by atoms with Gasteiger partial charge in [-0.25, -0.2) is 0 Å². The van der Waals surface area contributed by atoms with Gasteiger partial charge in [0.15, 0.2) is 0 Å². The Morgan fingerprint density at radius 1 is 1.27 bits per heavy atom. The lowest BCUT2D eigenvalue weighted by Crippen LogP contribution is -1.96. The van der Waals surface area contributed by atoms with Crippen molar-refractivity contribution in [2.75, 3.05) is 0 Å². The van der Waals surface area contributed by atoms with Crippen molar-refractivity contribution in [2.45, 2.75) is 18.9 Å². The van der Waals surface area contributed by atoms with Gasteiger partial charge in [-0.2, -0.15) is 0 Å². The first-order valence-corrected chi connectivity index (χ1v) is 5.81. The van der Waals surface area contributed by atoms with E-state index in [1.165, 1.54) is 12.8 Å². The summed E-state index contributed by atoms with van der Waals surface area (Å²) in [5.74, 6) is 0.866. The normalized spacial score (nSPS) is 15.2. The maximum atomic E-state index is 5.62. The van der Waals surface area contributed by atoms with Gasteiger partial charge in [-0.3, -0.25) is 9.97 Å². The summed E-state index contributed by atoms with van der Waals surface area (Å²) in [6.45, 7) is 0. The van der Waals surface area contributed by atoms with Gasteiger partial charge in [0.25, 0.3) is 0 Å². The van der Waals surface area contributed by atoms with E-state index in [1.807, 2.05) is 23.8 Å². The number of pyridine rings is 1. The van der Waals surface area contributed by atoms with E-state index in [1.54, 1.807) is 17.5 Å². The molecule has 4 heteroatoms. The van der Waals surface area contributed by atoms with Crippen molar-refractivity contribution in [1.82, 2.24) is 9.97 Å². The van der Waals surface area contributed by atoms with E-state index in [2.05, 4.69) is 9.97 Å². The van der Waals surface area contributed by atoms with Crippen LogP contribution in [0.2, 0.25) is 0 Å². The van der Waals surface area contributed by atoms with Crippen LogP contribution < -0.4 is 4.74 Å². The number of thiazole rings is 1. The molecule has 0 N–H and O–H groups in total. The number of ether oxygens (including phenoxy) is 1. The molecular formula is C11H10N2OS. The lowest BCUT2D eigenvalue weighted by atomic mass is 10.3. The van der Waals surface area contributed by atoms with Crippen molar-refractivity contribution in [3.05, 3.63) is 30.0 Å². The van der Waals surface area contributed by atoms with Crippen LogP contribution in [0.3, 0.4) is 0 Å². The average molecular weight is 218 g/mol. The van der Waals surface area contributed by atoms with Crippen LogP contribution >= 0.6 is 11.3 Å². The lowest BCUT2D eigenvalue weighted by molar-refractivity contribution is 0.302. The Kier molecular flexibility index (Phi) is 2.14. The highest BCUT2D eigenvalue weighted by molar-refractivity contribution is 7.13. The first-order valence-electron chi connectivity index (χ1n) is 4.93. The first kappa shape index (κ1) is 8.85. The van der Waals surface area contributed by atoms with E-state index in [-0.39, 0.29) is 0 Å². The minimum Gasteiger partial charge on any atom is -0.489 e. The quantitative estimate of drug-likeness (QED) is 0.794. The molecule has 0 atom stereocenters. The van der Waals surface area contributed by atoms with E-state index >= 15 is 0 Å². The van der Waals surface area contributed by atoms with Crippen LogP contribution in [0.1, 0.15) is 12.8 Å². The Labute approximate surface area is 91.8 Å². The topological polar surface area (TPSA) is 35.0 Å². The summed E-state index contributed by atoms with van der Waals surface area (Å²) < 4.78 is 5.62. The molecule has 0 saturated heterocycles. The number of rotatable bonds is 3. The Morgan fingerprint density at radius 2 is 2.20 bits per heavy atom.